The number of nitrogens with zero attached hydrogens (tertiary/aromatic N) is 5. The minimum Gasteiger partial charge on any atom is -0.293 e. The molecule has 0 aliphatic heterocycles. The molecule has 3 aromatic rings. The van der Waals surface area contributed by atoms with Crippen LogP contribution in [0.1, 0.15) is 21.5 Å². The smallest absolute Gasteiger partial charge is 0.273 e. The molecule has 26 heavy (non-hydrogen) atoms. The highest BCUT2D eigenvalue weighted by Gasteiger charge is 2.17. The fourth-order valence-electron chi connectivity index (χ4n) is 2.41. The molecule has 0 amide bonds. The molecule has 0 saturated heterocycles. The maximum atomic E-state index is 12.4. The van der Waals surface area contributed by atoms with Gasteiger partial charge in [-0.05, 0) is 35.9 Å². The second-order valence-electron chi connectivity index (χ2n) is 5.63. The quantitative estimate of drug-likeness (QED) is 0.284. The Morgan fingerprint density at radius 3 is 2.69 bits per heavy atom. The summed E-state index contributed by atoms with van der Waals surface area (Å²) in [7, 11) is 0. The van der Waals surface area contributed by atoms with E-state index in [1.807, 2.05) is 31.2 Å². The Morgan fingerprint density at radius 1 is 1.19 bits per heavy atom. The summed E-state index contributed by atoms with van der Waals surface area (Å²) >= 11 is 1.19. The van der Waals surface area contributed by atoms with Crippen molar-refractivity contribution in [1.29, 1.82) is 0 Å². The van der Waals surface area contributed by atoms with Crippen LogP contribution in [-0.2, 0) is 0 Å². The van der Waals surface area contributed by atoms with Crippen LogP contribution in [0.25, 0.3) is 5.69 Å². The first-order valence-corrected chi connectivity index (χ1v) is 8.71. The van der Waals surface area contributed by atoms with Gasteiger partial charge < -0.3 is 0 Å². The number of carbonyl (C=O) groups excluding carboxylic acids is 1. The maximum absolute atomic E-state index is 12.4. The molecule has 0 aliphatic rings. The lowest BCUT2D eigenvalue weighted by Gasteiger charge is -2.07. The highest BCUT2D eigenvalue weighted by Crippen LogP contribution is 2.23. The lowest BCUT2D eigenvalue weighted by molar-refractivity contribution is -0.385. The van der Waals surface area contributed by atoms with Crippen molar-refractivity contribution in [1.82, 2.24) is 20.2 Å². The molecule has 0 bridgehead atoms. The van der Waals surface area contributed by atoms with Crippen molar-refractivity contribution < 1.29 is 9.72 Å². The minimum absolute atomic E-state index is 0.0643. The number of aryl methyl sites for hydroxylation is 2. The van der Waals surface area contributed by atoms with E-state index in [1.165, 1.54) is 17.8 Å². The summed E-state index contributed by atoms with van der Waals surface area (Å²) in [6.07, 6.45) is 0. The molecule has 0 fully saturated rings. The summed E-state index contributed by atoms with van der Waals surface area (Å²) < 4.78 is 1.57. The Labute approximate surface area is 153 Å². The number of tetrazole rings is 1. The van der Waals surface area contributed by atoms with Gasteiger partial charge in [0.25, 0.3) is 5.69 Å². The number of nitro benzene ring substituents is 1. The van der Waals surface area contributed by atoms with Crippen LogP contribution in [0.2, 0.25) is 0 Å². The zero-order chi connectivity index (χ0) is 18.7. The van der Waals surface area contributed by atoms with Crippen molar-refractivity contribution >= 4 is 23.2 Å². The number of benzene rings is 2. The van der Waals surface area contributed by atoms with Crippen molar-refractivity contribution in [2.24, 2.45) is 0 Å². The third kappa shape index (κ3) is 3.62. The Balaban J connectivity index is 1.78. The van der Waals surface area contributed by atoms with Crippen molar-refractivity contribution in [3.63, 3.8) is 0 Å². The molecule has 9 heteroatoms. The zero-order valence-corrected chi connectivity index (χ0v) is 14.9. The normalized spacial score (nSPS) is 10.7. The molecule has 1 heterocycles. The summed E-state index contributed by atoms with van der Waals surface area (Å²) in [5.74, 6) is -0.149. The van der Waals surface area contributed by atoms with Gasteiger partial charge in [-0.3, -0.25) is 14.9 Å². The fraction of sp³-hybridized carbons (Fsp3) is 0.176. The van der Waals surface area contributed by atoms with Gasteiger partial charge in [0.1, 0.15) is 0 Å². The average Bonchev–Trinajstić information content (AvgIpc) is 3.08. The van der Waals surface area contributed by atoms with Crippen molar-refractivity contribution in [2.75, 3.05) is 5.75 Å². The van der Waals surface area contributed by atoms with Crippen LogP contribution in [0.5, 0.6) is 0 Å². The van der Waals surface area contributed by atoms with Gasteiger partial charge in [-0.25, -0.2) is 0 Å². The highest BCUT2D eigenvalue weighted by atomic mass is 32.2. The molecule has 0 spiro atoms. The second kappa shape index (κ2) is 7.44. The van der Waals surface area contributed by atoms with Crippen LogP contribution < -0.4 is 0 Å². The molecule has 0 atom stereocenters. The number of nitro groups is 1. The Morgan fingerprint density at radius 2 is 1.96 bits per heavy atom. The SMILES string of the molecule is Cc1ccccc1-n1nnnc1SCC(=O)c1ccc(C)c([N+](=O)[O-])c1. The van der Waals surface area contributed by atoms with E-state index >= 15 is 0 Å². The lowest BCUT2D eigenvalue weighted by Crippen LogP contribution is -2.06. The largest absolute Gasteiger partial charge is 0.293 e. The van der Waals surface area contributed by atoms with Crippen LogP contribution in [0, 0.1) is 24.0 Å². The topological polar surface area (TPSA) is 104 Å². The van der Waals surface area contributed by atoms with Gasteiger partial charge >= 0.3 is 0 Å². The van der Waals surface area contributed by atoms with Crippen molar-refractivity contribution in [3.8, 4) is 5.69 Å². The van der Waals surface area contributed by atoms with E-state index in [2.05, 4.69) is 15.5 Å². The molecule has 0 N–H and O–H groups in total. The van der Waals surface area contributed by atoms with Gasteiger partial charge in [0.2, 0.25) is 5.16 Å². The number of hydrogen-bond donors (Lipinski definition) is 0. The number of carbonyl (C=O) groups is 1. The highest BCUT2D eigenvalue weighted by molar-refractivity contribution is 7.99. The standard InChI is InChI=1S/C17H15N5O3S/c1-11-5-3-4-6-14(11)21-17(18-19-20-21)26-10-16(23)13-8-7-12(2)15(9-13)22(24)25/h3-9H,10H2,1-2H3. The van der Waals surface area contributed by atoms with E-state index in [0.717, 1.165) is 11.3 Å². The Kier molecular flexibility index (Phi) is 5.08. The van der Waals surface area contributed by atoms with Crippen LogP contribution in [0.15, 0.2) is 47.6 Å². The van der Waals surface area contributed by atoms with Gasteiger partial charge in [-0.1, -0.05) is 42.1 Å². The molecule has 0 unspecified atom stereocenters. The summed E-state index contributed by atoms with van der Waals surface area (Å²) in [6.45, 7) is 3.58. The van der Waals surface area contributed by atoms with E-state index in [4.69, 9.17) is 0 Å². The summed E-state index contributed by atoms with van der Waals surface area (Å²) in [5, 5.41) is 23.1. The first-order chi connectivity index (χ1) is 12.5. The molecular weight excluding hydrogens is 354 g/mol. The van der Waals surface area contributed by atoms with Gasteiger partial charge in [0.15, 0.2) is 5.78 Å². The predicted octanol–water partition coefficient (Wildman–Crippen LogP) is 3.16. The molecule has 1 aromatic heterocycles. The van der Waals surface area contributed by atoms with Crippen LogP contribution in [0.4, 0.5) is 5.69 Å². The Bertz CT molecular complexity index is 986. The number of aromatic nitrogens is 4. The van der Waals surface area contributed by atoms with Crippen LogP contribution >= 0.6 is 11.8 Å². The van der Waals surface area contributed by atoms with Crippen molar-refractivity contribution in [3.05, 3.63) is 69.3 Å². The molecule has 3 rings (SSSR count). The number of para-hydroxylation sites is 1. The Hall–Kier alpha value is -3.07. The third-order valence-corrected chi connectivity index (χ3v) is 4.76. The lowest BCUT2D eigenvalue weighted by atomic mass is 10.1. The van der Waals surface area contributed by atoms with Gasteiger partial charge in [-0.2, -0.15) is 4.68 Å². The van der Waals surface area contributed by atoms with E-state index in [-0.39, 0.29) is 17.2 Å². The first-order valence-electron chi connectivity index (χ1n) is 7.73. The zero-order valence-electron chi connectivity index (χ0n) is 14.1. The molecular formula is C17H15N5O3S. The number of Topliss-reactive ketones (excluding diaryl/α,β-unsaturated/α-hetero) is 1. The van der Waals surface area contributed by atoms with E-state index < -0.39 is 4.92 Å². The van der Waals surface area contributed by atoms with E-state index in [0.29, 0.717) is 16.3 Å². The van der Waals surface area contributed by atoms with Gasteiger partial charge in [0.05, 0.1) is 16.4 Å². The van der Waals surface area contributed by atoms with Gasteiger partial charge in [-0.15, -0.1) is 5.10 Å². The number of rotatable bonds is 6. The molecule has 2 aromatic carbocycles. The molecule has 8 nitrogen and oxygen atoms in total. The predicted molar refractivity (Wildman–Crippen MR) is 96.8 cm³/mol. The fourth-order valence-corrected chi connectivity index (χ4v) is 3.19. The van der Waals surface area contributed by atoms with Gasteiger partial charge in [0, 0.05) is 17.2 Å². The number of thioether (sulfide) groups is 1. The van der Waals surface area contributed by atoms with Crippen LogP contribution in [-0.4, -0.2) is 36.7 Å². The summed E-state index contributed by atoms with van der Waals surface area (Å²) in [4.78, 5) is 23.0. The van der Waals surface area contributed by atoms with E-state index in [9.17, 15) is 14.9 Å². The molecule has 132 valence electrons. The first kappa shape index (κ1) is 17.7. The second-order valence-corrected chi connectivity index (χ2v) is 6.57. The maximum Gasteiger partial charge on any atom is 0.273 e. The summed E-state index contributed by atoms with van der Waals surface area (Å²) in [6, 6.07) is 12.1. The minimum atomic E-state index is -0.488. The molecule has 0 saturated carbocycles. The van der Waals surface area contributed by atoms with Crippen LogP contribution in [0.3, 0.4) is 0 Å². The molecule has 0 radical (unpaired) electrons. The average molecular weight is 369 g/mol. The number of hydrogen-bond acceptors (Lipinski definition) is 7. The number of ketones is 1. The summed E-state index contributed by atoms with van der Waals surface area (Å²) in [5.41, 5.74) is 2.58. The third-order valence-electron chi connectivity index (χ3n) is 3.84. The monoisotopic (exact) mass is 369 g/mol. The molecule has 0 aliphatic carbocycles. The van der Waals surface area contributed by atoms with E-state index in [1.54, 1.807) is 23.7 Å². The van der Waals surface area contributed by atoms with Crippen molar-refractivity contribution in [2.45, 2.75) is 19.0 Å².